The number of carbonyl (C=O) groups is 5. The summed E-state index contributed by atoms with van der Waals surface area (Å²) in [5, 5.41) is 4.01. The van der Waals surface area contributed by atoms with Crippen molar-refractivity contribution in [3.05, 3.63) is 130 Å². The molecule has 1 fully saturated rings. The second kappa shape index (κ2) is 32.3. The highest BCUT2D eigenvalue weighted by atomic mass is 16.7. The zero-order chi connectivity index (χ0) is 53.8. The Labute approximate surface area is 436 Å². The van der Waals surface area contributed by atoms with Gasteiger partial charge in [-0.05, 0) is 102 Å². The summed E-state index contributed by atoms with van der Waals surface area (Å²) in [6.07, 6.45) is 8.34. The van der Waals surface area contributed by atoms with Crippen LogP contribution >= 0.6 is 0 Å². The molecule has 1 aliphatic heterocycles. The van der Waals surface area contributed by atoms with Gasteiger partial charge in [0, 0.05) is 4.91 Å². The fourth-order valence-electron chi connectivity index (χ4n) is 7.93. The lowest BCUT2D eigenvalue weighted by molar-refractivity contribution is -0.308. The number of hydrogen-bond acceptors (Lipinski definition) is 15. The number of esters is 5. The topological polar surface area (TPSA) is 217 Å². The molecule has 3 aromatic carbocycles. The Bertz CT molecular complexity index is 2220. The third-order valence-electron chi connectivity index (χ3n) is 11.4. The highest BCUT2D eigenvalue weighted by Crippen LogP contribution is 2.32. The number of carbonyl (C=O) groups excluding carboxylic acids is 5. The number of azide groups is 1. The van der Waals surface area contributed by atoms with Gasteiger partial charge in [0.2, 0.25) is 0 Å². The maximum atomic E-state index is 14.1. The van der Waals surface area contributed by atoms with Crippen molar-refractivity contribution >= 4 is 29.8 Å². The molecule has 4 rings (SSSR count). The molecule has 7 atom stereocenters. The van der Waals surface area contributed by atoms with Gasteiger partial charge in [-0.1, -0.05) is 137 Å². The smallest absolute Gasteiger partial charge is 0.338 e. The molecule has 1 heterocycles. The number of unbranched alkanes of at least 4 members (excludes halogenated alkanes) is 11. The third kappa shape index (κ3) is 23.0. The zero-order valence-electron chi connectivity index (χ0n) is 44.2. The minimum Gasteiger partial charge on any atom is -0.458 e. The van der Waals surface area contributed by atoms with Crippen LogP contribution in [0.2, 0.25) is 0 Å². The van der Waals surface area contributed by atoms with E-state index < -0.39 is 110 Å². The van der Waals surface area contributed by atoms with Crippen LogP contribution in [0.5, 0.6) is 0 Å². The summed E-state index contributed by atoms with van der Waals surface area (Å²) in [5.74, 6) is -3.89. The normalized spacial score (nSPS) is 18.6. The fraction of sp³-hybridized carbons (Fsp3) is 0.561. The van der Waals surface area contributed by atoms with Crippen LogP contribution in [0.3, 0.4) is 0 Å². The van der Waals surface area contributed by atoms with E-state index in [1.54, 1.807) is 114 Å². The van der Waals surface area contributed by atoms with Gasteiger partial charge in [0.05, 0.1) is 29.9 Å². The van der Waals surface area contributed by atoms with Crippen LogP contribution in [0.4, 0.5) is 0 Å². The largest absolute Gasteiger partial charge is 0.458 e. The summed E-state index contributed by atoms with van der Waals surface area (Å²) in [6.45, 7) is 10.2. The maximum Gasteiger partial charge on any atom is 0.338 e. The molecule has 1 aliphatic rings. The molecule has 0 aromatic heterocycles. The van der Waals surface area contributed by atoms with E-state index >= 15 is 0 Å². The zero-order valence-corrected chi connectivity index (χ0v) is 44.2. The summed E-state index contributed by atoms with van der Waals surface area (Å²) < 4.78 is 54.3. The van der Waals surface area contributed by atoms with E-state index in [1.807, 2.05) is 6.08 Å². The standard InChI is InChI=1S/C57H77N3O14/c1-8-9-10-11-12-13-14-15-16-17-18-19-29-36-45(69-52(63)41-30-23-20-24-31-41)44(59-60-58)37-68-55-51(72-54(65)43-34-27-22-28-35-43)50(71-53(64)42-32-25-21-26-33-42)49(67-40-48(62)74-57(5,6)7)46(70-55)38-66-39-47(61)73-56(2,3)4/h20-36,44-46,49-51,55H,8-19,37-40H2,1-7H3/b36-29+/t44-,45+,46+,49-,50-,51+,55+/m0/s1. The average Bonchev–Trinajstić information content (AvgIpc) is 3.36. The van der Waals surface area contributed by atoms with Crippen molar-refractivity contribution in [2.24, 2.45) is 5.11 Å². The van der Waals surface area contributed by atoms with Crippen LogP contribution in [0.1, 0.15) is 157 Å². The summed E-state index contributed by atoms with van der Waals surface area (Å²) in [5.41, 5.74) is 8.72. The number of rotatable bonds is 31. The first kappa shape index (κ1) is 60.5. The number of benzene rings is 3. The van der Waals surface area contributed by atoms with Crippen LogP contribution in [0.15, 0.2) is 108 Å². The summed E-state index contributed by atoms with van der Waals surface area (Å²) in [7, 11) is 0. The number of nitrogens with zero attached hydrogens (tertiary/aromatic N) is 3. The van der Waals surface area contributed by atoms with E-state index in [-0.39, 0.29) is 16.7 Å². The van der Waals surface area contributed by atoms with E-state index in [2.05, 4.69) is 16.9 Å². The molecule has 0 saturated carbocycles. The van der Waals surface area contributed by atoms with Crippen molar-refractivity contribution in [1.82, 2.24) is 0 Å². The summed E-state index contributed by atoms with van der Waals surface area (Å²) >= 11 is 0. The summed E-state index contributed by atoms with van der Waals surface area (Å²) in [6, 6.07) is 23.1. The minimum atomic E-state index is -1.66. The summed E-state index contributed by atoms with van der Waals surface area (Å²) in [4.78, 5) is 70.8. The van der Waals surface area contributed by atoms with Gasteiger partial charge in [-0.3, -0.25) is 0 Å². The van der Waals surface area contributed by atoms with Crippen molar-refractivity contribution < 1.29 is 66.6 Å². The number of hydrogen-bond donors (Lipinski definition) is 0. The van der Waals surface area contributed by atoms with Gasteiger partial charge in [-0.25, -0.2) is 24.0 Å². The fourth-order valence-corrected chi connectivity index (χ4v) is 7.93. The van der Waals surface area contributed by atoms with Gasteiger partial charge >= 0.3 is 29.8 Å². The molecular formula is C57H77N3O14. The second-order valence-corrected chi connectivity index (χ2v) is 20.1. The molecule has 3 aromatic rings. The van der Waals surface area contributed by atoms with Crippen molar-refractivity contribution in [2.45, 2.75) is 180 Å². The average molecular weight is 1030 g/mol. The lowest BCUT2D eigenvalue weighted by atomic mass is 9.97. The van der Waals surface area contributed by atoms with Crippen molar-refractivity contribution in [1.29, 1.82) is 0 Å². The van der Waals surface area contributed by atoms with Gasteiger partial charge in [0.25, 0.3) is 0 Å². The molecule has 1 saturated heterocycles. The van der Waals surface area contributed by atoms with E-state index in [9.17, 15) is 29.5 Å². The molecule has 404 valence electrons. The Morgan fingerprint density at radius 3 is 1.59 bits per heavy atom. The highest BCUT2D eigenvalue weighted by Gasteiger charge is 2.52. The Kier molecular flexibility index (Phi) is 26.4. The van der Waals surface area contributed by atoms with E-state index in [1.165, 1.54) is 69.2 Å². The molecule has 0 aliphatic carbocycles. The van der Waals surface area contributed by atoms with Crippen LogP contribution in [0, 0.1) is 0 Å². The Morgan fingerprint density at radius 2 is 1.09 bits per heavy atom. The van der Waals surface area contributed by atoms with Crippen LogP contribution < -0.4 is 0 Å². The maximum absolute atomic E-state index is 14.1. The molecule has 0 unspecified atom stereocenters. The number of ether oxygens (including phenoxy) is 9. The third-order valence-corrected chi connectivity index (χ3v) is 11.4. The minimum absolute atomic E-state index is 0.121. The van der Waals surface area contributed by atoms with Crippen LogP contribution in [-0.2, 0) is 52.2 Å². The van der Waals surface area contributed by atoms with Gasteiger partial charge in [0.1, 0.15) is 48.8 Å². The molecule has 0 N–H and O–H groups in total. The molecule has 0 radical (unpaired) electrons. The van der Waals surface area contributed by atoms with Gasteiger partial charge in [-0.2, -0.15) is 0 Å². The molecule has 0 amide bonds. The Morgan fingerprint density at radius 1 is 0.622 bits per heavy atom. The first-order valence-electron chi connectivity index (χ1n) is 25.9. The van der Waals surface area contributed by atoms with Gasteiger partial charge < -0.3 is 42.6 Å². The lowest BCUT2D eigenvalue weighted by Crippen LogP contribution is -2.63. The molecular weight excluding hydrogens is 951 g/mol. The monoisotopic (exact) mass is 1030 g/mol. The first-order chi connectivity index (χ1) is 35.5. The quantitative estimate of drug-likeness (QED) is 0.0111. The molecule has 0 spiro atoms. The van der Waals surface area contributed by atoms with Gasteiger partial charge in [-0.15, -0.1) is 0 Å². The van der Waals surface area contributed by atoms with E-state index in [0.717, 1.165) is 25.7 Å². The van der Waals surface area contributed by atoms with E-state index in [4.69, 9.17) is 42.6 Å². The van der Waals surface area contributed by atoms with Crippen molar-refractivity contribution in [2.75, 3.05) is 26.4 Å². The van der Waals surface area contributed by atoms with Crippen molar-refractivity contribution in [3.8, 4) is 0 Å². The molecule has 0 bridgehead atoms. The SMILES string of the molecule is CCCCCCCCCCCCC/C=C/[C@@H](OC(=O)c1ccccc1)[C@H](CO[C@@H]1O[C@H](COCC(=O)OC(C)(C)C)[C@H](OCC(=O)OC(C)(C)C)[C@H](OC(=O)c2ccccc2)[C@H]1OC(=O)c1ccccc1)N=[N+]=[N-]. The molecule has 74 heavy (non-hydrogen) atoms. The highest BCUT2D eigenvalue weighted by molar-refractivity contribution is 5.91. The van der Waals surface area contributed by atoms with Crippen LogP contribution in [0.25, 0.3) is 10.4 Å². The Balaban J connectivity index is 1.70. The van der Waals surface area contributed by atoms with E-state index in [0.29, 0.717) is 6.42 Å². The van der Waals surface area contributed by atoms with Crippen molar-refractivity contribution in [3.63, 3.8) is 0 Å². The molecule has 17 heteroatoms. The van der Waals surface area contributed by atoms with Gasteiger partial charge in [0.15, 0.2) is 18.5 Å². The first-order valence-corrected chi connectivity index (χ1v) is 25.9. The predicted molar refractivity (Wildman–Crippen MR) is 277 cm³/mol. The number of allylic oxidation sites excluding steroid dienone is 1. The van der Waals surface area contributed by atoms with Crippen LogP contribution in [-0.4, -0.2) is 110 Å². The predicted octanol–water partition coefficient (Wildman–Crippen LogP) is 11.4. The Hall–Kier alpha value is -6.10. The lowest BCUT2D eigenvalue weighted by Gasteiger charge is -2.45. The molecule has 17 nitrogen and oxygen atoms in total. The second-order valence-electron chi connectivity index (χ2n) is 20.1.